The summed E-state index contributed by atoms with van der Waals surface area (Å²) in [5.41, 5.74) is 2.35. The molecule has 0 aliphatic carbocycles. The van der Waals surface area contributed by atoms with Gasteiger partial charge in [0.1, 0.15) is 5.75 Å². The summed E-state index contributed by atoms with van der Waals surface area (Å²) in [6.07, 6.45) is 2.62. The fraction of sp³-hybridized carbons (Fsp3) is 0.158. The number of aryl methyl sites for hydroxylation is 1. The molecule has 0 heterocycles. The first-order valence-corrected chi connectivity index (χ1v) is 7.76. The van der Waals surface area contributed by atoms with Crippen LogP contribution in [0, 0.1) is 6.92 Å². The molecule has 0 radical (unpaired) electrons. The van der Waals surface area contributed by atoms with Crippen LogP contribution in [0.3, 0.4) is 0 Å². The van der Waals surface area contributed by atoms with Crippen LogP contribution in [0.25, 0.3) is 6.08 Å². The molecule has 2 rings (SSSR count). The molecule has 26 heavy (non-hydrogen) atoms. The van der Waals surface area contributed by atoms with Crippen LogP contribution < -0.4 is 15.4 Å². The van der Waals surface area contributed by atoms with E-state index in [1.807, 2.05) is 0 Å². The molecule has 0 aromatic heterocycles. The highest BCUT2D eigenvalue weighted by molar-refractivity contribution is 6.02. The molecule has 0 unspecified atom stereocenters. The van der Waals surface area contributed by atoms with E-state index in [1.54, 1.807) is 43.3 Å². The van der Waals surface area contributed by atoms with Gasteiger partial charge < -0.3 is 15.4 Å². The highest BCUT2D eigenvalue weighted by Crippen LogP contribution is 2.22. The van der Waals surface area contributed by atoms with Gasteiger partial charge in [0, 0.05) is 29.9 Å². The standard InChI is InChI=1S/C19H18F2N2O3/c1-12-11-15(8-9-16(12)22-13(2)24)23-18(25)10-7-14-5-3-4-6-17(14)26-19(20)21/h3-11,19H,1-2H3,(H,22,24)(H,23,25). The van der Waals surface area contributed by atoms with Crippen molar-refractivity contribution in [2.45, 2.75) is 20.5 Å². The minimum Gasteiger partial charge on any atom is -0.434 e. The number of nitrogens with one attached hydrogen (secondary N) is 2. The summed E-state index contributed by atoms with van der Waals surface area (Å²) in [6, 6.07) is 11.2. The maximum atomic E-state index is 12.4. The Morgan fingerprint density at radius 2 is 1.85 bits per heavy atom. The highest BCUT2D eigenvalue weighted by atomic mass is 19.3. The second kappa shape index (κ2) is 8.75. The summed E-state index contributed by atoms with van der Waals surface area (Å²) in [4.78, 5) is 23.1. The van der Waals surface area contributed by atoms with Crippen LogP contribution in [0.15, 0.2) is 48.5 Å². The van der Waals surface area contributed by atoms with Gasteiger partial charge in [-0.05, 0) is 42.8 Å². The highest BCUT2D eigenvalue weighted by Gasteiger charge is 2.08. The number of benzene rings is 2. The Labute approximate surface area is 149 Å². The van der Waals surface area contributed by atoms with Crippen molar-refractivity contribution < 1.29 is 23.1 Å². The van der Waals surface area contributed by atoms with Crippen LogP contribution >= 0.6 is 0 Å². The molecule has 0 fully saturated rings. The number of ether oxygens (including phenoxy) is 1. The second-order valence-electron chi connectivity index (χ2n) is 5.45. The number of carbonyl (C=O) groups excluding carboxylic acids is 2. The summed E-state index contributed by atoms with van der Waals surface area (Å²) in [5.74, 6) is -0.622. The number of carbonyl (C=O) groups is 2. The summed E-state index contributed by atoms with van der Waals surface area (Å²) in [6.45, 7) is 0.271. The fourth-order valence-electron chi connectivity index (χ4n) is 2.24. The van der Waals surface area contributed by atoms with Crippen molar-refractivity contribution in [1.82, 2.24) is 0 Å². The fourth-order valence-corrected chi connectivity index (χ4v) is 2.24. The Bertz CT molecular complexity index is 835. The van der Waals surface area contributed by atoms with E-state index in [0.29, 0.717) is 16.9 Å². The van der Waals surface area contributed by atoms with Crippen molar-refractivity contribution >= 4 is 29.3 Å². The molecule has 0 bridgehead atoms. The molecule has 136 valence electrons. The second-order valence-corrected chi connectivity index (χ2v) is 5.45. The lowest BCUT2D eigenvalue weighted by atomic mass is 10.1. The molecular formula is C19H18F2N2O3. The number of hydrogen-bond acceptors (Lipinski definition) is 3. The normalized spacial score (nSPS) is 10.8. The Morgan fingerprint density at radius 3 is 2.50 bits per heavy atom. The number of rotatable bonds is 6. The summed E-state index contributed by atoms with van der Waals surface area (Å²) < 4.78 is 29.2. The number of halogens is 2. The molecule has 0 aliphatic rings. The molecule has 2 aromatic carbocycles. The quantitative estimate of drug-likeness (QED) is 0.759. The van der Waals surface area contributed by atoms with Crippen LogP contribution in [-0.4, -0.2) is 18.4 Å². The number of hydrogen-bond donors (Lipinski definition) is 2. The zero-order valence-corrected chi connectivity index (χ0v) is 14.3. The third-order valence-electron chi connectivity index (χ3n) is 3.35. The van der Waals surface area contributed by atoms with Gasteiger partial charge in [-0.2, -0.15) is 8.78 Å². The van der Waals surface area contributed by atoms with Crippen LogP contribution in [-0.2, 0) is 9.59 Å². The molecule has 0 atom stereocenters. The minimum atomic E-state index is -2.94. The predicted octanol–water partition coefficient (Wildman–Crippen LogP) is 4.21. The van der Waals surface area contributed by atoms with E-state index in [0.717, 1.165) is 5.56 Å². The Morgan fingerprint density at radius 1 is 1.12 bits per heavy atom. The molecule has 2 amide bonds. The first-order chi connectivity index (χ1) is 12.3. The number of amides is 2. The van der Waals surface area contributed by atoms with E-state index in [2.05, 4.69) is 15.4 Å². The van der Waals surface area contributed by atoms with Gasteiger partial charge in [-0.3, -0.25) is 9.59 Å². The van der Waals surface area contributed by atoms with Crippen molar-refractivity contribution in [2.24, 2.45) is 0 Å². The number of anilines is 2. The molecular weight excluding hydrogens is 342 g/mol. The monoisotopic (exact) mass is 360 g/mol. The van der Waals surface area contributed by atoms with Crippen LogP contribution in [0.2, 0.25) is 0 Å². The lowest BCUT2D eigenvalue weighted by molar-refractivity contribution is -0.114. The lowest BCUT2D eigenvalue weighted by Crippen LogP contribution is -2.10. The molecule has 0 aliphatic heterocycles. The number of alkyl halides is 2. The van der Waals surface area contributed by atoms with Crippen molar-refractivity contribution in [3.8, 4) is 5.75 Å². The zero-order valence-electron chi connectivity index (χ0n) is 14.3. The first-order valence-electron chi connectivity index (χ1n) is 7.76. The van der Waals surface area contributed by atoms with Crippen molar-refractivity contribution in [3.05, 3.63) is 59.7 Å². The van der Waals surface area contributed by atoms with E-state index in [9.17, 15) is 18.4 Å². The van der Waals surface area contributed by atoms with Gasteiger partial charge in [0.2, 0.25) is 11.8 Å². The van der Waals surface area contributed by atoms with Gasteiger partial charge in [-0.15, -0.1) is 0 Å². The summed E-state index contributed by atoms with van der Waals surface area (Å²) in [5, 5.41) is 5.35. The minimum absolute atomic E-state index is 0.0120. The van der Waals surface area contributed by atoms with E-state index in [-0.39, 0.29) is 11.7 Å². The topological polar surface area (TPSA) is 67.4 Å². The van der Waals surface area contributed by atoms with E-state index in [1.165, 1.54) is 25.1 Å². The summed E-state index contributed by atoms with van der Waals surface area (Å²) in [7, 11) is 0. The SMILES string of the molecule is CC(=O)Nc1ccc(NC(=O)C=Cc2ccccc2OC(F)F)cc1C. The molecule has 0 saturated carbocycles. The lowest BCUT2D eigenvalue weighted by Gasteiger charge is -2.09. The molecule has 2 N–H and O–H groups in total. The Hall–Kier alpha value is -3.22. The molecule has 7 heteroatoms. The molecule has 0 saturated heterocycles. The first kappa shape index (κ1) is 19.1. The van der Waals surface area contributed by atoms with Gasteiger partial charge in [-0.1, -0.05) is 18.2 Å². The van der Waals surface area contributed by atoms with Gasteiger partial charge in [0.05, 0.1) is 0 Å². The molecule has 2 aromatic rings. The Balaban J connectivity index is 2.06. The zero-order chi connectivity index (χ0) is 19.1. The van der Waals surface area contributed by atoms with Crippen molar-refractivity contribution in [3.63, 3.8) is 0 Å². The van der Waals surface area contributed by atoms with Crippen LogP contribution in [0.5, 0.6) is 5.75 Å². The van der Waals surface area contributed by atoms with Gasteiger partial charge in [0.15, 0.2) is 0 Å². The average Bonchev–Trinajstić information content (AvgIpc) is 2.56. The van der Waals surface area contributed by atoms with E-state index < -0.39 is 12.5 Å². The van der Waals surface area contributed by atoms with E-state index >= 15 is 0 Å². The maximum Gasteiger partial charge on any atom is 0.387 e. The largest absolute Gasteiger partial charge is 0.434 e. The van der Waals surface area contributed by atoms with Crippen molar-refractivity contribution in [1.29, 1.82) is 0 Å². The summed E-state index contributed by atoms with van der Waals surface area (Å²) >= 11 is 0. The molecule has 5 nitrogen and oxygen atoms in total. The van der Waals surface area contributed by atoms with E-state index in [4.69, 9.17) is 0 Å². The van der Waals surface area contributed by atoms with Gasteiger partial charge >= 0.3 is 6.61 Å². The number of para-hydroxylation sites is 1. The predicted molar refractivity (Wildman–Crippen MR) is 96.2 cm³/mol. The third kappa shape index (κ3) is 5.70. The molecule has 0 spiro atoms. The smallest absolute Gasteiger partial charge is 0.387 e. The van der Waals surface area contributed by atoms with Crippen molar-refractivity contribution in [2.75, 3.05) is 10.6 Å². The van der Waals surface area contributed by atoms with Gasteiger partial charge in [0.25, 0.3) is 0 Å². The maximum absolute atomic E-state index is 12.4. The third-order valence-corrected chi connectivity index (χ3v) is 3.35. The Kier molecular flexibility index (Phi) is 6.43. The average molecular weight is 360 g/mol. The van der Waals surface area contributed by atoms with Crippen LogP contribution in [0.4, 0.5) is 20.2 Å². The van der Waals surface area contributed by atoms with Crippen LogP contribution in [0.1, 0.15) is 18.1 Å². The van der Waals surface area contributed by atoms with Gasteiger partial charge in [-0.25, -0.2) is 0 Å².